The van der Waals surface area contributed by atoms with Crippen LogP contribution in [0, 0.1) is 11.6 Å². The first-order valence-electron chi connectivity index (χ1n) is 15.1. The zero-order chi connectivity index (χ0) is 33.5. The summed E-state index contributed by atoms with van der Waals surface area (Å²) in [5.74, 6) is 0.289. The Kier molecular flexibility index (Phi) is 10.4. The fourth-order valence-electron chi connectivity index (χ4n) is 5.54. The van der Waals surface area contributed by atoms with Crippen LogP contribution >= 0.6 is 15.9 Å². The van der Waals surface area contributed by atoms with Crippen molar-refractivity contribution in [3.05, 3.63) is 131 Å². The van der Waals surface area contributed by atoms with Crippen molar-refractivity contribution in [1.82, 2.24) is 20.3 Å². The average Bonchev–Trinajstić information content (AvgIpc) is 3.56. The summed E-state index contributed by atoms with van der Waals surface area (Å²) in [7, 11) is -2.43. The molecule has 0 aliphatic carbocycles. The highest BCUT2D eigenvalue weighted by Crippen LogP contribution is 2.42. The first kappa shape index (κ1) is 33.2. The van der Waals surface area contributed by atoms with Crippen LogP contribution < -0.4 is 15.4 Å². The van der Waals surface area contributed by atoms with Crippen molar-refractivity contribution >= 4 is 53.5 Å². The normalized spacial score (nSPS) is 15.3. The molecule has 0 spiro atoms. The smallest absolute Gasteiger partial charge is 0.220 e. The highest BCUT2D eigenvalue weighted by atomic mass is 79.9. The number of aromatic nitrogens is 3. The van der Waals surface area contributed by atoms with Gasteiger partial charge in [-0.2, -0.15) is 8.42 Å². The SMILES string of the molecule is O=S(=O)=C(CNCCCC1(c2cc3c(Nc4ccc(OCc5cccc(F)c5)c(Br)c4)ncnc3cc2F)CC=CO1)c1ccccn1. The van der Waals surface area contributed by atoms with Crippen LogP contribution in [0.4, 0.5) is 20.3 Å². The molecule has 3 heterocycles. The molecule has 1 atom stereocenters. The van der Waals surface area contributed by atoms with E-state index in [9.17, 15) is 12.8 Å². The number of nitrogens with zero attached hydrogens (tertiary/aromatic N) is 3. The summed E-state index contributed by atoms with van der Waals surface area (Å²) in [4.78, 5) is 13.1. The monoisotopic (exact) mass is 733 g/mol. The fourth-order valence-corrected chi connectivity index (χ4v) is 6.55. The maximum Gasteiger partial charge on any atom is 0.220 e. The standard InChI is InChI=1S/C35H30BrF2N5O4S/c36-28-17-25(9-10-32(28)46-21-23-6-3-7-24(37)16-23)43-34-26-18-27(29(38)19-31(26)41-22-42-34)35(12-5-15-47-35)11-4-13-39-20-33(48(44)45)30-8-1-2-14-40-30/h1-3,5-10,14-19,22,39H,4,11-13,20-21H2,(H,41,42,43). The molecule has 5 aromatic rings. The lowest BCUT2D eigenvalue weighted by molar-refractivity contribution is 0.0273. The van der Waals surface area contributed by atoms with Gasteiger partial charge in [0.2, 0.25) is 10.3 Å². The molecule has 6 rings (SSSR count). The minimum absolute atomic E-state index is 0.117. The van der Waals surface area contributed by atoms with Crippen molar-refractivity contribution in [2.45, 2.75) is 31.5 Å². The minimum Gasteiger partial charge on any atom is -0.490 e. The Morgan fingerprint density at radius 3 is 2.67 bits per heavy atom. The van der Waals surface area contributed by atoms with E-state index < -0.39 is 21.7 Å². The number of halogens is 3. The number of hydrogen-bond donors (Lipinski definition) is 2. The zero-order valence-corrected chi connectivity index (χ0v) is 27.9. The van der Waals surface area contributed by atoms with E-state index in [-0.39, 0.29) is 23.8 Å². The Morgan fingerprint density at radius 2 is 1.92 bits per heavy atom. The average molecular weight is 735 g/mol. The second-order valence-electron chi connectivity index (χ2n) is 11.1. The summed E-state index contributed by atoms with van der Waals surface area (Å²) in [6.07, 6.45) is 7.87. The molecule has 1 aliphatic heterocycles. The van der Waals surface area contributed by atoms with Gasteiger partial charge in [0.1, 0.15) is 46.6 Å². The molecule has 0 fully saturated rings. The second-order valence-corrected chi connectivity index (χ2v) is 12.9. The van der Waals surface area contributed by atoms with Gasteiger partial charge in [0, 0.05) is 41.9 Å². The van der Waals surface area contributed by atoms with Gasteiger partial charge >= 0.3 is 0 Å². The third-order valence-electron chi connectivity index (χ3n) is 7.90. The van der Waals surface area contributed by atoms with Crippen LogP contribution in [0.15, 0.2) is 102 Å². The van der Waals surface area contributed by atoms with E-state index in [1.807, 2.05) is 18.2 Å². The Bertz CT molecular complexity index is 2100. The van der Waals surface area contributed by atoms with E-state index >= 15 is 4.39 Å². The highest BCUT2D eigenvalue weighted by molar-refractivity contribution is 9.10. The fraction of sp³-hybridized carbons (Fsp3) is 0.200. The maximum atomic E-state index is 15.7. The van der Waals surface area contributed by atoms with Gasteiger partial charge in [0.15, 0.2) is 0 Å². The van der Waals surface area contributed by atoms with Crippen molar-refractivity contribution in [3.63, 3.8) is 0 Å². The van der Waals surface area contributed by atoms with Crippen molar-refractivity contribution < 1.29 is 26.7 Å². The summed E-state index contributed by atoms with van der Waals surface area (Å²) in [5.41, 5.74) is 1.65. The van der Waals surface area contributed by atoms with Crippen molar-refractivity contribution in [3.8, 4) is 5.75 Å². The van der Waals surface area contributed by atoms with Crippen LogP contribution in [0.3, 0.4) is 0 Å². The maximum absolute atomic E-state index is 15.7. The molecule has 0 amide bonds. The molecule has 2 N–H and O–H groups in total. The molecule has 2 aromatic heterocycles. The number of fused-ring (bicyclic) bond motifs is 1. The number of hydrogen-bond acceptors (Lipinski definition) is 9. The Hall–Kier alpha value is -4.72. The number of nitrogens with one attached hydrogen (secondary N) is 2. The topological polar surface area (TPSA) is 115 Å². The van der Waals surface area contributed by atoms with Gasteiger partial charge in [-0.05, 0) is 95.5 Å². The van der Waals surface area contributed by atoms with Crippen LogP contribution in [-0.2, 0) is 27.2 Å². The first-order chi connectivity index (χ1) is 23.3. The second kappa shape index (κ2) is 15.0. The number of benzene rings is 3. The molecule has 1 aliphatic rings. The predicted octanol–water partition coefficient (Wildman–Crippen LogP) is 6.99. The molecule has 0 saturated carbocycles. The van der Waals surface area contributed by atoms with Crippen LogP contribution in [0.1, 0.15) is 36.1 Å². The van der Waals surface area contributed by atoms with Crippen LogP contribution in [0.2, 0.25) is 0 Å². The summed E-state index contributed by atoms with van der Waals surface area (Å²) >= 11 is 3.55. The molecule has 0 radical (unpaired) electrons. The molecule has 9 nitrogen and oxygen atoms in total. The summed E-state index contributed by atoms with van der Waals surface area (Å²) < 4.78 is 65.5. The van der Waals surface area contributed by atoms with E-state index in [1.165, 1.54) is 24.5 Å². The van der Waals surface area contributed by atoms with Crippen LogP contribution in [-0.4, -0.2) is 41.3 Å². The predicted molar refractivity (Wildman–Crippen MR) is 184 cm³/mol. The molecule has 0 saturated heterocycles. The zero-order valence-electron chi connectivity index (χ0n) is 25.5. The van der Waals surface area contributed by atoms with E-state index in [4.69, 9.17) is 9.47 Å². The van der Waals surface area contributed by atoms with E-state index in [0.29, 0.717) is 75.3 Å². The quantitative estimate of drug-likeness (QED) is 0.0751. The molecular formula is C35H30BrF2N5O4S. The highest BCUT2D eigenvalue weighted by Gasteiger charge is 2.38. The van der Waals surface area contributed by atoms with E-state index in [2.05, 4.69) is 41.5 Å². The number of ether oxygens (including phenoxy) is 2. The molecule has 1 unspecified atom stereocenters. The third-order valence-corrected chi connectivity index (χ3v) is 9.28. The van der Waals surface area contributed by atoms with Crippen molar-refractivity contribution in [2.75, 3.05) is 18.4 Å². The largest absolute Gasteiger partial charge is 0.490 e. The number of pyridine rings is 1. The summed E-state index contributed by atoms with van der Waals surface area (Å²) in [5, 5.41) is 7.08. The molecule has 3 aromatic carbocycles. The molecular weight excluding hydrogens is 704 g/mol. The lowest BCUT2D eigenvalue weighted by atomic mass is 9.85. The van der Waals surface area contributed by atoms with Gasteiger partial charge in [-0.3, -0.25) is 4.98 Å². The number of rotatable bonds is 13. The third kappa shape index (κ3) is 7.70. The van der Waals surface area contributed by atoms with Gasteiger partial charge < -0.3 is 20.1 Å². The Labute approximate surface area is 285 Å². The minimum atomic E-state index is -2.43. The van der Waals surface area contributed by atoms with Crippen LogP contribution in [0.5, 0.6) is 5.75 Å². The first-order valence-corrected chi connectivity index (χ1v) is 17.0. The van der Waals surface area contributed by atoms with Gasteiger partial charge in [-0.25, -0.2) is 18.7 Å². The molecule has 48 heavy (non-hydrogen) atoms. The van der Waals surface area contributed by atoms with Gasteiger partial charge in [0.05, 0.1) is 21.9 Å². The molecule has 13 heteroatoms. The van der Waals surface area contributed by atoms with E-state index in [1.54, 1.807) is 54.9 Å². The van der Waals surface area contributed by atoms with Crippen molar-refractivity contribution in [1.29, 1.82) is 0 Å². The van der Waals surface area contributed by atoms with Gasteiger partial charge in [-0.1, -0.05) is 18.2 Å². The molecule has 246 valence electrons. The Balaban J connectivity index is 1.16. The van der Waals surface area contributed by atoms with E-state index in [0.717, 1.165) is 0 Å². The van der Waals surface area contributed by atoms with Crippen LogP contribution in [0.25, 0.3) is 10.9 Å². The summed E-state index contributed by atoms with van der Waals surface area (Å²) in [6, 6.07) is 19.9. The van der Waals surface area contributed by atoms with Gasteiger partial charge in [0.25, 0.3) is 0 Å². The lowest BCUT2D eigenvalue weighted by Crippen LogP contribution is -2.30. The number of anilines is 2. The Morgan fingerprint density at radius 1 is 1.02 bits per heavy atom. The molecule has 0 bridgehead atoms. The van der Waals surface area contributed by atoms with Crippen molar-refractivity contribution in [2.24, 2.45) is 0 Å². The van der Waals surface area contributed by atoms with Gasteiger partial charge in [-0.15, -0.1) is 0 Å². The summed E-state index contributed by atoms with van der Waals surface area (Å²) in [6.45, 7) is 0.793. The lowest BCUT2D eigenvalue weighted by Gasteiger charge is -2.30.